The van der Waals surface area contributed by atoms with Gasteiger partial charge in [0.05, 0.1) is 12.3 Å². The first-order chi connectivity index (χ1) is 8.90. The van der Waals surface area contributed by atoms with E-state index in [2.05, 4.69) is 11.8 Å². The number of thioether (sulfide) groups is 1. The molecular formula is C14H19NO2S2. The molecule has 1 rings (SSSR count). The Hall–Kier alpha value is -0.960. The Morgan fingerprint density at radius 3 is 2.89 bits per heavy atom. The number of carbonyl (C=O) groups is 1. The normalized spacial score (nSPS) is 10.7. The molecule has 0 atom stereocenters. The van der Waals surface area contributed by atoms with Gasteiger partial charge in [-0.25, -0.2) is 0 Å². The zero-order chi connectivity index (χ0) is 14.3. The Kier molecular flexibility index (Phi) is 6.43. The molecule has 1 aromatic rings. The van der Waals surface area contributed by atoms with Gasteiger partial charge in [-0.2, -0.15) is 0 Å². The molecule has 0 saturated carbocycles. The highest BCUT2D eigenvalue weighted by molar-refractivity contribution is 7.99. The van der Waals surface area contributed by atoms with Gasteiger partial charge in [-0.15, -0.1) is 23.1 Å². The van der Waals surface area contributed by atoms with E-state index in [1.54, 1.807) is 23.1 Å². The lowest BCUT2D eigenvalue weighted by molar-refractivity contribution is -0.151. The first-order valence-electron chi connectivity index (χ1n) is 5.96. The number of hydrogen-bond acceptors (Lipinski definition) is 5. The topological polar surface area (TPSA) is 52.3 Å². The summed E-state index contributed by atoms with van der Waals surface area (Å²) < 4.78 is 5.24. The number of esters is 1. The minimum absolute atomic E-state index is 0.169. The van der Waals surface area contributed by atoms with Gasteiger partial charge in [-0.1, -0.05) is 11.8 Å². The fourth-order valence-corrected chi connectivity index (χ4v) is 3.02. The molecule has 19 heavy (non-hydrogen) atoms. The van der Waals surface area contributed by atoms with Crippen LogP contribution in [-0.4, -0.2) is 23.9 Å². The maximum absolute atomic E-state index is 11.5. The van der Waals surface area contributed by atoms with E-state index in [9.17, 15) is 4.79 Å². The molecule has 0 radical (unpaired) electrons. The minimum Gasteiger partial charge on any atom is -0.459 e. The third-order valence-electron chi connectivity index (χ3n) is 1.87. The summed E-state index contributed by atoms with van der Waals surface area (Å²) in [6.45, 7) is 5.99. The summed E-state index contributed by atoms with van der Waals surface area (Å²) in [7, 11) is 0. The second-order valence-electron chi connectivity index (χ2n) is 4.89. The molecule has 104 valence electrons. The molecule has 1 heterocycles. The van der Waals surface area contributed by atoms with Crippen LogP contribution in [-0.2, 0) is 15.3 Å². The number of carbonyl (C=O) groups excluding carboxylic acids is 1. The smallest absolute Gasteiger partial charge is 0.316 e. The van der Waals surface area contributed by atoms with Gasteiger partial charge in [0.25, 0.3) is 0 Å². The van der Waals surface area contributed by atoms with Crippen LogP contribution in [0.4, 0.5) is 0 Å². The van der Waals surface area contributed by atoms with Crippen molar-refractivity contribution in [1.29, 1.82) is 0 Å². The SMILES string of the molecule is CC(C)(C)OC(=O)CSCc1cc(C#CCN)cs1. The molecular weight excluding hydrogens is 278 g/mol. The molecule has 0 bridgehead atoms. The summed E-state index contributed by atoms with van der Waals surface area (Å²) in [5.41, 5.74) is 5.90. The summed E-state index contributed by atoms with van der Waals surface area (Å²) in [5.74, 6) is 6.82. The van der Waals surface area contributed by atoms with E-state index < -0.39 is 5.60 Å². The van der Waals surface area contributed by atoms with Crippen molar-refractivity contribution in [2.45, 2.75) is 32.1 Å². The van der Waals surface area contributed by atoms with Crippen LogP contribution in [0.25, 0.3) is 0 Å². The molecule has 0 fully saturated rings. The van der Waals surface area contributed by atoms with Crippen LogP contribution in [0, 0.1) is 11.8 Å². The van der Waals surface area contributed by atoms with Gasteiger partial charge >= 0.3 is 5.97 Å². The highest BCUT2D eigenvalue weighted by atomic mass is 32.2. The number of thiophene rings is 1. The van der Waals surface area contributed by atoms with Crippen molar-refractivity contribution in [3.05, 3.63) is 21.9 Å². The molecule has 0 unspecified atom stereocenters. The van der Waals surface area contributed by atoms with Crippen molar-refractivity contribution in [3.8, 4) is 11.8 Å². The predicted molar refractivity (Wildman–Crippen MR) is 82.3 cm³/mol. The van der Waals surface area contributed by atoms with Crippen molar-refractivity contribution < 1.29 is 9.53 Å². The summed E-state index contributed by atoms with van der Waals surface area (Å²) in [6, 6.07) is 2.04. The van der Waals surface area contributed by atoms with Gasteiger partial charge in [0.15, 0.2) is 0 Å². The Morgan fingerprint density at radius 2 is 2.26 bits per heavy atom. The second-order valence-corrected chi connectivity index (χ2v) is 6.87. The van der Waals surface area contributed by atoms with E-state index in [1.165, 1.54) is 4.88 Å². The second kappa shape index (κ2) is 7.59. The number of rotatable bonds is 4. The lowest BCUT2D eigenvalue weighted by atomic mass is 10.2. The van der Waals surface area contributed by atoms with Crippen LogP contribution >= 0.6 is 23.1 Å². The quantitative estimate of drug-likeness (QED) is 0.685. The fourth-order valence-electron chi connectivity index (χ4n) is 1.28. The monoisotopic (exact) mass is 297 g/mol. The predicted octanol–water partition coefficient (Wildman–Crippen LogP) is 2.63. The lowest BCUT2D eigenvalue weighted by Crippen LogP contribution is -2.24. The zero-order valence-electron chi connectivity index (χ0n) is 11.5. The first-order valence-corrected chi connectivity index (χ1v) is 8.00. The lowest BCUT2D eigenvalue weighted by Gasteiger charge is -2.19. The molecule has 0 aliphatic heterocycles. The average molecular weight is 297 g/mol. The van der Waals surface area contributed by atoms with Crippen LogP contribution in [0.3, 0.4) is 0 Å². The van der Waals surface area contributed by atoms with Crippen molar-refractivity contribution in [2.24, 2.45) is 5.73 Å². The van der Waals surface area contributed by atoms with Crippen LogP contribution in [0.15, 0.2) is 11.4 Å². The van der Waals surface area contributed by atoms with Gasteiger partial charge in [0.2, 0.25) is 0 Å². The van der Waals surface area contributed by atoms with Gasteiger partial charge in [0.1, 0.15) is 5.60 Å². The average Bonchev–Trinajstić information content (AvgIpc) is 2.72. The van der Waals surface area contributed by atoms with Crippen molar-refractivity contribution in [2.75, 3.05) is 12.3 Å². The first kappa shape index (κ1) is 16.1. The van der Waals surface area contributed by atoms with E-state index >= 15 is 0 Å². The van der Waals surface area contributed by atoms with Crippen LogP contribution in [0.2, 0.25) is 0 Å². The molecule has 0 aliphatic carbocycles. The molecule has 0 aromatic carbocycles. The fraction of sp³-hybridized carbons (Fsp3) is 0.500. The van der Waals surface area contributed by atoms with E-state index in [0.29, 0.717) is 12.3 Å². The van der Waals surface area contributed by atoms with E-state index in [1.807, 2.05) is 32.2 Å². The van der Waals surface area contributed by atoms with E-state index in [-0.39, 0.29) is 5.97 Å². The van der Waals surface area contributed by atoms with Crippen LogP contribution < -0.4 is 5.73 Å². The summed E-state index contributed by atoms with van der Waals surface area (Å²) in [5, 5.41) is 2.01. The Labute approximate surface area is 122 Å². The molecule has 0 amide bonds. The van der Waals surface area contributed by atoms with Crippen molar-refractivity contribution in [3.63, 3.8) is 0 Å². The number of nitrogens with two attached hydrogens (primary N) is 1. The standard InChI is InChI=1S/C14H19NO2S2/c1-14(2,3)17-13(16)10-18-9-12-7-11(8-19-12)5-4-6-15/h7-8H,6,9-10,15H2,1-3H3. The third-order valence-corrected chi connectivity index (χ3v) is 3.95. The number of ether oxygens (including phenoxy) is 1. The molecule has 0 aliphatic rings. The van der Waals surface area contributed by atoms with Gasteiger partial charge in [0, 0.05) is 21.6 Å². The Balaban J connectivity index is 2.33. The molecule has 0 saturated heterocycles. The summed E-state index contributed by atoms with van der Waals surface area (Å²) >= 11 is 3.20. The maximum atomic E-state index is 11.5. The molecule has 2 N–H and O–H groups in total. The van der Waals surface area contributed by atoms with Crippen molar-refractivity contribution >= 4 is 29.1 Å². The van der Waals surface area contributed by atoms with Gasteiger partial charge in [-0.05, 0) is 26.8 Å². The third kappa shape index (κ3) is 7.26. The molecule has 5 heteroatoms. The highest BCUT2D eigenvalue weighted by Gasteiger charge is 2.15. The summed E-state index contributed by atoms with van der Waals surface area (Å²) in [6.07, 6.45) is 0. The van der Waals surface area contributed by atoms with Crippen molar-refractivity contribution in [1.82, 2.24) is 0 Å². The Morgan fingerprint density at radius 1 is 1.53 bits per heavy atom. The summed E-state index contributed by atoms with van der Waals surface area (Å²) in [4.78, 5) is 12.7. The Bertz CT molecular complexity index is 478. The van der Waals surface area contributed by atoms with E-state index in [4.69, 9.17) is 10.5 Å². The van der Waals surface area contributed by atoms with Crippen LogP contribution in [0.1, 0.15) is 31.2 Å². The van der Waals surface area contributed by atoms with Crippen LogP contribution in [0.5, 0.6) is 0 Å². The molecule has 1 aromatic heterocycles. The van der Waals surface area contributed by atoms with Gasteiger partial charge < -0.3 is 10.5 Å². The molecule has 3 nitrogen and oxygen atoms in total. The molecule has 0 spiro atoms. The van der Waals surface area contributed by atoms with Gasteiger partial charge in [-0.3, -0.25) is 4.79 Å². The number of hydrogen-bond donors (Lipinski definition) is 1. The largest absolute Gasteiger partial charge is 0.459 e. The minimum atomic E-state index is -0.411. The highest BCUT2D eigenvalue weighted by Crippen LogP contribution is 2.20. The maximum Gasteiger partial charge on any atom is 0.316 e. The van der Waals surface area contributed by atoms with E-state index in [0.717, 1.165) is 11.3 Å². The zero-order valence-corrected chi connectivity index (χ0v) is 13.1.